The van der Waals surface area contributed by atoms with Crippen LogP contribution in [0.3, 0.4) is 0 Å². The minimum Gasteiger partial charge on any atom is -0.379 e. The summed E-state index contributed by atoms with van der Waals surface area (Å²) in [5, 5.41) is 3.16. The van der Waals surface area contributed by atoms with Crippen LogP contribution in [0.15, 0.2) is 0 Å². The van der Waals surface area contributed by atoms with Crippen LogP contribution in [-0.4, -0.2) is 32.1 Å². The maximum Gasteiger partial charge on any atom is 0.0591 e. The number of nitrogens with one attached hydrogen (secondary N) is 1. The minimum atomic E-state index is 0.758. The summed E-state index contributed by atoms with van der Waals surface area (Å²) in [6, 6.07) is 0. The first-order chi connectivity index (χ1) is 4.41. The summed E-state index contributed by atoms with van der Waals surface area (Å²) in [5.41, 5.74) is 0. The van der Waals surface area contributed by atoms with Crippen molar-refractivity contribution in [2.75, 3.05) is 32.1 Å². The number of hydrogen-bond donors (Lipinski definition) is 2. The minimum absolute atomic E-state index is 0.758. The molecule has 56 valence electrons. The third-order valence-electron chi connectivity index (χ3n) is 0.909. The van der Waals surface area contributed by atoms with Crippen molar-refractivity contribution in [2.45, 2.75) is 6.92 Å². The standard InChI is InChI=1S/C6H15NOS/c1-2-7-3-4-8-5-6-9/h7,9H,2-6H2,1H3. The number of thiol groups is 1. The van der Waals surface area contributed by atoms with Gasteiger partial charge in [-0.3, -0.25) is 0 Å². The van der Waals surface area contributed by atoms with E-state index in [9.17, 15) is 0 Å². The van der Waals surface area contributed by atoms with E-state index in [1.807, 2.05) is 0 Å². The number of hydrogen-bond acceptors (Lipinski definition) is 3. The van der Waals surface area contributed by atoms with Gasteiger partial charge in [0.05, 0.1) is 13.2 Å². The van der Waals surface area contributed by atoms with Gasteiger partial charge < -0.3 is 10.1 Å². The van der Waals surface area contributed by atoms with E-state index in [0.717, 1.165) is 32.1 Å². The molecule has 0 aliphatic carbocycles. The van der Waals surface area contributed by atoms with E-state index in [1.165, 1.54) is 0 Å². The Kier molecular flexibility index (Phi) is 8.52. The fourth-order valence-electron chi connectivity index (χ4n) is 0.488. The fourth-order valence-corrected chi connectivity index (χ4v) is 0.617. The van der Waals surface area contributed by atoms with Gasteiger partial charge in [0.1, 0.15) is 0 Å². The Labute approximate surface area is 62.4 Å². The van der Waals surface area contributed by atoms with E-state index < -0.39 is 0 Å². The van der Waals surface area contributed by atoms with Crippen LogP contribution in [0.1, 0.15) is 6.92 Å². The Bertz CT molecular complexity index is 46.3. The molecule has 3 heteroatoms. The normalized spacial score (nSPS) is 10.0. The molecule has 0 radical (unpaired) electrons. The molecule has 0 aromatic carbocycles. The summed E-state index contributed by atoms with van der Waals surface area (Å²) in [6.07, 6.45) is 0. The maximum atomic E-state index is 5.15. The molecule has 0 fully saturated rings. The van der Waals surface area contributed by atoms with Crippen LogP contribution in [0, 0.1) is 0 Å². The van der Waals surface area contributed by atoms with Crippen molar-refractivity contribution in [3.63, 3.8) is 0 Å². The smallest absolute Gasteiger partial charge is 0.0591 e. The lowest BCUT2D eigenvalue weighted by Crippen LogP contribution is -2.19. The van der Waals surface area contributed by atoms with Crippen LogP contribution >= 0.6 is 12.6 Å². The van der Waals surface area contributed by atoms with Crippen LogP contribution in [0.2, 0.25) is 0 Å². The van der Waals surface area contributed by atoms with Gasteiger partial charge in [0, 0.05) is 12.3 Å². The van der Waals surface area contributed by atoms with Crippen LogP contribution in [0.25, 0.3) is 0 Å². The molecule has 0 saturated heterocycles. The van der Waals surface area contributed by atoms with Crippen molar-refractivity contribution in [2.24, 2.45) is 0 Å². The zero-order valence-electron chi connectivity index (χ0n) is 5.89. The van der Waals surface area contributed by atoms with Gasteiger partial charge in [-0.2, -0.15) is 12.6 Å². The number of likely N-dealkylation sites (N-methyl/N-ethyl adjacent to an activating group) is 1. The van der Waals surface area contributed by atoms with Gasteiger partial charge >= 0.3 is 0 Å². The van der Waals surface area contributed by atoms with E-state index in [0.29, 0.717) is 0 Å². The molecule has 0 saturated carbocycles. The average molecular weight is 149 g/mol. The third kappa shape index (κ3) is 8.27. The van der Waals surface area contributed by atoms with Gasteiger partial charge in [0.25, 0.3) is 0 Å². The van der Waals surface area contributed by atoms with E-state index in [2.05, 4.69) is 24.9 Å². The van der Waals surface area contributed by atoms with Gasteiger partial charge in [-0.25, -0.2) is 0 Å². The second kappa shape index (κ2) is 8.27. The molecule has 2 nitrogen and oxygen atoms in total. The zero-order valence-corrected chi connectivity index (χ0v) is 6.79. The molecule has 0 unspecified atom stereocenters. The lowest BCUT2D eigenvalue weighted by molar-refractivity contribution is 0.152. The summed E-state index contributed by atoms with van der Waals surface area (Å²) >= 11 is 4.00. The topological polar surface area (TPSA) is 21.3 Å². The summed E-state index contributed by atoms with van der Waals surface area (Å²) in [6.45, 7) is 5.61. The molecule has 0 rings (SSSR count). The molecular formula is C6H15NOS. The second-order valence-electron chi connectivity index (χ2n) is 1.69. The molecule has 0 aromatic heterocycles. The molecule has 1 N–H and O–H groups in total. The Hall–Kier alpha value is 0.270. The van der Waals surface area contributed by atoms with Crippen LogP contribution in [-0.2, 0) is 4.74 Å². The quantitative estimate of drug-likeness (QED) is 0.425. The van der Waals surface area contributed by atoms with Crippen molar-refractivity contribution < 1.29 is 4.74 Å². The van der Waals surface area contributed by atoms with E-state index in [4.69, 9.17) is 4.74 Å². The predicted molar refractivity (Wildman–Crippen MR) is 43.2 cm³/mol. The highest BCUT2D eigenvalue weighted by molar-refractivity contribution is 7.80. The molecule has 0 spiro atoms. The molecule has 0 aliphatic heterocycles. The van der Waals surface area contributed by atoms with Gasteiger partial charge in [-0.05, 0) is 6.54 Å². The lowest BCUT2D eigenvalue weighted by Gasteiger charge is -2.01. The molecule has 0 heterocycles. The summed E-state index contributed by atoms with van der Waals surface area (Å²) < 4.78 is 5.15. The van der Waals surface area contributed by atoms with Crippen molar-refractivity contribution in [3.8, 4) is 0 Å². The Morgan fingerprint density at radius 1 is 1.44 bits per heavy atom. The number of ether oxygens (including phenoxy) is 1. The van der Waals surface area contributed by atoms with Crippen molar-refractivity contribution >= 4 is 12.6 Å². The Balaban J connectivity index is 2.60. The zero-order chi connectivity index (χ0) is 6.95. The van der Waals surface area contributed by atoms with Gasteiger partial charge in [-0.15, -0.1) is 0 Å². The summed E-state index contributed by atoms with van der Waals surface area (Å²) in [4.78, 5) is 0. The van der Waals surface area contributed by atoms with E-state index >= 15 is 0 Å². The highest BCUT2D eigenvalue weighted by Crippen LogP contribution is 1.76. The Morgan fingerprint density at radius 2 is 2.22 bits per heavy atom. The van der Waals surface area contributed by atoms with Crippen molar-refractivity contribution in [1.29, 1.82) is 0 Å². The number of rotatable bonds is 6. The van der Waals surface area contributed by atoms with E-state index in [-0.39, 0.29) is 0 Å². The monoisotopic (exact) mass is 149 g/mol. The van der Waals surface area contributed by atoms with Crippen molar-refractivity contribution in [1.82, 2.24) is 5.32 Å². The average Bonchev–Trinajstić information content (AvgIpc) is 1.89. The highest BCUT2D eigenvalue weighted by atomic mass is 32.1. The molecule has 0 aromatic rings. The fraction of sp³-hybridized carbons (Fsp3) is 1.00. The van der Waals surface area contributed by atoms with Gasteiger partial charge in [-0.1, -0.05) is 6.92 Å². The SMILES string of the molecule is CCNCCOCCS. The van der Waals surface area contributed by atoms with Gasteiger partial charge in [0.2, 0.25) is 0 Å². The molecule has 9 heavy (non-hydrogen) atoms. The van der Waals surface area contributed by atoms with Crippen LogP contribution in [0.4, 0.5) is 0 Å². The van der Waals surface area contributed by atoms with Crippen LogP contribution < -0.4 is 5.32 Å². The first kappa shape index (κ1) is 9.27. The van der Waals surface area contributed by atoms with Crippen molar-refractivity contribution in [3.05, 3.63) is 0 Å². The van der Waals surface area contributed by atoms with E-state index in [1.54, 1.807) is 0 Å². The largest absolute Gasteiger partial charge is 0.379 e. The third-order valence-corrected chi connectivity index (χ3v) is 1.09. The molecule has 0 bridgehead atoms. The molecule has 0 aliphatic rings. The first-order valence-corrected chi connectivity index (χ1v) is 3.94. The van der Waals surface area contributed by atoms with Gasteiger partial charge in [0.15, 0.2) is 0 Å². The maximum absolute atomic E-state index is 5.15. The first-order valence-electron chi connectivity index (χ1n) is 3.31. The molecular weight excluding hydrogens is 134 g/mol. The second-order valence-corrected chi connectivity index (χ2v) is 2.14. The Morgan fingerprint density at radius 3 is 2.78 bits per heavy atom. The summed E-state index contributed by atoms with van der Waals surface area (Å²) in [5.74, 6) is 0.812. The predicted octanol–water partition coefficient (Wildman–Crippen LogP) is 0.542. The molecule has 0 atom stereocenters. The highest BCUT2D eigenvalue weighted by Gasteiger charge is 1.83. The lowest BCUT2D eigenvalue weighted by atomic mass is 10.6. The molecule has 0 amide bonds. The van der Waals surface area contributed by atoms with Crippen LogP contribution in [0.5, 0.6) is 0 Å². The summed E-state index contributed by atoms with van der Waals surface area (Å²) in [7, 11) is 0.